The zero-order valence-corrected chi connectivity index (χ0v) is 8.27. The molecule has 0 radical (unpaired) electrons. The SMILES string of the molecule is CCCC1(CCC)C=NCCN1. The number of nitrogens with zero attached hydrogens (tertiary/aromatic N) is 1. The van der Waals surface area contributed by atoms with Crippen molar-refractivity contribution in [2.45, 2.75) is 45.1 Å². The molecule has 0 spiro atoms. The molecule has 1 aliphatic rings. The molecule has 1 N–H and O–H groups in total. The number of hydrogen-bond donors (Lipinski definition) is 1. The zero-order chi connectivity index (χ0) is 8.86. The van der Waals surface area contributed by atoms with E-state index in [1.807, 2.05) is 0 Å². The van der Waals surface area contributed by atoms with Crippen molar-refractivity contribution in [3.63, 3.8) is 0 Å². The Morgan fingerprint density at radius 2 is 2.00 bits per heavy atom. The first-order chi connectivity index (χ1) is 5.83. The fourth-order valence-electron chi connectivity index (χ4n) is 1.98. The lowest BCUT2D eigenvalue weighted by Crippen LogP contribution is -2.50. The van der Waals surface area contributed by atoms with E-state index in [1.54, 1.807) is 0 Å². The summed E-state index contributed by atoms with van der Waals surface area (Å²) < 4.78 is 0. The van der Waals surface area contributed by atoms with Gasteiger partial charge in [0.2, 0.25) is 0 Å². The molecule has 0 aliphatic carbocycles. The quantitative estimate of drug-likeness (QED) is 0.682. The van der Waals surface area contributed by atoms with E-state index < -0.39 is 0 Å². The highest BCUT2D eigenvalue weighted by molar-refractivity contribution is 5.71. The van der Waals surface area contributed by atoms with E-state index in [2.05, 4.69) is 30.4 Å². The predicted octanol–water partition coefficient (Wildman–Crippen LogP) is 2.00. The predicted molar refractivity (Wildman–Crippen MR) is 53.9 cm³/mol. The Morgan fingerprint density at radius 3 is 2.42 bits per heavy atom. The van der Waals surface area contributed by atoms with Gasteiger partial charge in [0.15, 0.2) is 0 Å². The Labute approximate surface area is 75.5 Å². The average molecular weight is 168 g/mol. The maximum Gasteiger partial charge on any atom is 0.0534 e. The molecule has 70 valence electrons. The van der Waals surface area contributed by atoms with Crippen LogP contribution in [0.25, 0.3) is 0 Å². The summed E-state index contributed by atoms with van der Waals surface area (Å²) in [5, 5.41) is 3.59. The van der Waals surface area contributed by atoms with Crippen molar-refractivity contribution in [2.75, 3.05) is 13.1 Å². The van der Waals surface area contributed by atoms with E-state index in [0.29, 0.717) is 0 Å². The van der Waals surface area contributed by atoms with Gasteiger partial charge in [0, 0.05) is 12.8 Å². The molecular formula is C10H20N2. The van der Waals surface area contributed by atoms with Crippen LogP contribution in [0.15, 0.2) is 4.99 Å². The van der Waals surface area contributed by atoms with Gasteiger partial charge in [-0.1, -0.05) is 26.7 Å². The van der Waals surface area contributed by atoms with Gasteiger partial charge in [-0.15, -0.1) is 0 Å². The Balaban J connectivity index is 2.56. The molecule has 0 saturated heterocycles. The molecule has 1 aliphatic heterocycles. The Kier molecular flexibility index (Phi) is 3.73. The van der Waals surface area contributed by atoms with E-state index in [-0.39, 0.29) is 5.54 Å². The van der Waals surface area contributed by atoms with Crippen molar-refractivity contribution >= 4 is 6.21 Å². The van der Waals surface area contributed by atoms with Gasteiger partial charge < -0.3 is 5.32 Å². The summed E-state index contributed by atoms with van der Waals surface area (Å²) in [6, 6.07) is 0. The lowest BCUT2D eigenvalue weighted by Gasteiger charge is -2.33. The Bertz CT molecular complexity index is 146. The summed E-state index contributed by atoms with van der Waals surface area (Å²) >= 11 is 0. The first kappa shape index (κ1) is 9.72. The minimum absolute atomic E-state index is 0.238. The van der Waals surface area contributed by atoms with Crippen LogP contribution in [0.1, 0.15) is 39.5 Å². The number of nitrogens with one attached hydrogen (secondary N) is 1. The molecule has 0 aromatic rings. The molecule has 0 saturated carbocycles. The topological polar surface area (TPSA) is 24.4 Å². The first-order valence-electron chi connectivity index (χ1n) is 5.09. The summed E-state index contributed by atoms with van der Waals surface area (Å²) in [5.41, 5.74) is 0.238. The van der Waals surface area contributed by atoms with Crippen molar-refractivity contribution in [1.82, 2.24) is 5.32 Å². The number of aliphatic imine (C=N–C) groups is 1. The summed E-state index contributed by atoms with van der Waals surface area (Å²) in [7, 11) is 0. The molecule has 1 heterocycles. The van der Waals surface area contributed by atoms with E-state index in [0.717, 1.165) is 13.1 Å². The fraction of sp³-hybridized carbons (Fsp3) is 0.900. The van der Waals surface area contributed by atoms with Crippen molar-refractivity contribution in [3.05, 3.63) is 0 Å². The van der Waals surface area contributed by atoms with Crippen LogP contribution in [-0.2, 0) is 0 Å². The second-order valence-corrected chi connectivity index (χ2v) is 3.62. The van der Waals surface area contributed by atoms with Crippen molar-refractivity contribution < 1.29 is 0 Å². The van der Waals surface area contributed by atoms with Gasteiger partial charge >= 0.3 is 0 Å². The molecular weight excluding hydrogens is 148 g/mol. The molecule has 12 heavy (non-hydrogen) atoms. The lowest BCUT2D eigenvalue weighted by molar-refractivity contribution is 0.370. The van der Waals surface area contributed by atoms with Gasteiger partial charge in [0.25, 0.3) is 0 Å². The molecule has 2 heteroatoms. The van der Waals surface area contributed by atoms with E-state index >= 15 is 0 Å². The molecule has 0 unspecified atom stereocenters. The van der Waals surface area contributed by atoms with Crippen LogP contribution in [0, 0.1) is 0 Å². The maximum atomic E-state index is 4.38. The summed E-state index contributed by atoms with van der Waals surface area (Å²) in [6.45, 7) is 6.48. The van der Waals surface area contributed by atoms with Crippen LogP contribution < -0.4 is 5.32 Å². The highest BCUT2D eigenvalue weighted by Crippen LogP contribution is 2.18. The van der Waals surface area contributed by atoms with Gasteiger partial charge in [0.1, 0.15) is 0 Å². The highest BCUT2D eigenvalue weighted by Gasteiger charge is 2.26. The minimum Gasteiger partial charge on any atom is -0.305 e. The first-order valence-corrected chi connectivity index (χ1v) is 5.09. The summed E-state index contributed by atoms with van der Waals surface area (Å²) in [5.74, 6) is 0. The van der Waals surface area contributed by atoms with E-state index in [1.165, 1.54) is 25.7 Å². The monoisotopic (exact) mass is 168 g/mol. The molecule has 0 aromatic heterocycles. The molecule has 0 aromatic carbocycles. The third kappa shape index (κ3) is 2.31. The molecule has 0 amide bonds. The van der Waals surface area contributed by atoms with Gasteiger partial charge in [0.05, 0.1) is 12.1 Å². The van der Waals surface area contributed by atoms with Crippen molar-refractivity contribution in [2.24, 2.45) is 4.99 Å². The standard InChI is InChI=1S/C10H20N2/c1-3-5-10(6-4-2)9-11-7-8-12-10/h9,12H,3-8H2,1-2H3. The van der Waals surface area contributed by atoms with Crippen LogP contribution >= 0.6 is 0 Å². The summed E-state index contributed by atoms with van der Waals surface area (Å²) in [6.07, 6.45) is 7.07. The Hall–Kier alpha value is -0.370. The van der Waals surface area contributed by atoms with Crippen LogP contribution in [0.2, 0.25) is 0 Å². The molecule has 2 nitrogen and oxygen atoms in total. The third-order valence-electron chi connectivity index (χ3n) is 2.45. The highest BCUT2D eigenvalue weighted by atomic mass is 15.0. The van der Waals surface area contributed by atoms with Crippen LogP contribution in [-0.4, -0.2) is 24.8 Å². The van der Waals surface area contributed by atoms with Crippen LogP contribution in [0.4, 0.5) is 0 Å². The second-order valence-electron chi connectivity index (χ2n) is 3.62. The average Bonchev–Trinajstić information content (AvgIpc) is 2.07. The third-order valence-corrected chi connectivity index (χ3v) is 2.45. The van der Waals surface area contributed by atoms with Crippen molar-refractivity contribution in [1.29, 1.82) is 0 Å². The van der Waals surface area contributed by atoms with Gasteiger partial charge in [-0.25, -0.2) is 0 Å². The second kappa shape index (κ2) is 4.61. The lowest BCUT2D eigenvalue weighted by atomic mass is 9.89. The molecule has 0 bridgehead atoms. The largest absolute Gasteiger partial charge is 0.305 e. The minimum atomic E-state index is 0.238. The number of hydrogen-bond acceptors (Lipinski definition) is 2. The van der Waals surface area contributed by atoms with Gasteiger partial charge in [-0.05, 0) is 12.8 Å². The van der Waals surface area contributed by atoms with Gasteiger partial charge in [-0.2, -0.15) is 0 Å². The van der Waals surface area contributed by atoms with E-state index in [4.69, 9.17) is 0 Å². The number of rotatable bonds is 4. The maximum absolute atomic E-state index is 4.38. The fourth-order valence-corrected chi connectivity index (χ4v) is 1.98. The molecule has 1 rings (SSSR count). The zero-order valence-electron chi connectivity index (χ0n) is 8.27. The Morgan fingerprint density at radius 1 is 1.33 bits per heavy atom. The normalized spacial score (nSPS) is 21.2. The van der Waals surface area contributed by atoms with Crippen LogP contribution in [0.5, 0.6) is 0 Å². The van der Waals surface area contributed by atoms with Gasteiger partial charge in [-0.3, -0.25) is 4.99 Å². The van der Waals surface area contributed by atoms with Crippen molar-refractivity contribution in [3.8, 4) is 0 Å². The van der Waals surface area contributed by atoms with E-state index in [9.17, 15) is 0 Å². The van der Waals surface area contributed by atoms with Crippen LogP contribution in [0.3, 0.4) is 0 Å². The smallest absolute Gasteiger partial charge is 0.0534 e. The molecule has 0 fully saturated rings. The molecule has 0 atom stereocenters. The summed E-state index contributed by atoms with van der Waals surface area (Å²) in [4.78, 5) is 4.38.